The van der Waals surface area contributed by atoms with Gasteiger partial charge in [-0.3, -0.25) is 9.59 Å². The SMILES string of the molecule is COc1cc(CN)ccc1Oc1ccc(C(=O)N2CCC[C@H]2C(N)=O)cc1OC. The van der Waals surface area contributed by atoms with Crippen LogP contribution in [0, 0.1) is 0 Å². The molecule has 2 aromatic carbocycles. The van der Waals surface area contributed by atoms with E-state index in [-0.39, 0.29) is 5.91 Å². The fourth-order valence-electron chi connectivity index (χ4n) is 3.40. The third-order valence-electron chi connectivity index (χ3n) is 4.94. The zero-order valence-electron chi connectivity index (χ0n) is 16.5. The lowest BCUT2D eigenvalue weighted by molar-refractivity contribution is -0.121. The molecule has 1 aliphatic rings. The van der Waals surface area contributed by atoms with Gasteiger partial charge in [0.2, 0.25) is 5.91 Å². The topological polar surface area (TPSA) is 117 Å². The van der Waals surface area contributed by atoms with Gasteiger partial charge in [0.05, 0.1) is 14.2 Å². The number of primary amides is 1. The molecule has 154 valence electrons. The van der Waals surface area contributed by atoms with Crippen molar-refractivity contribution < 1.29 is 23.8 Å². The van der Waals surface area contributed by atoms with Crippen LogP contribution < -0.4 is 25.7 Å². The number of hydrogen-bond acceptors (Lipinski definition) is 6. The van der Waals surface area contributed by atoms with Crippen molar-refractivity contribution in [3.63, 3.8) is 0 Å². The number of ether oxygens (including phenoxy) is 3. The minimum atomic E-state index is -0.574. The molecule has 8 heteroatoms. The number of amides is 2. The summed E-state index contributed by atoms with van der Waals surface area (Å²) in [5.41, 5.74) is 12.4. The van der Waals surface area contributed by atoms with Crippen molar-refractivity contribution in [2.24, 2.45) is 11.5 Å². The normalized spacial score (nSPS) is 15.8. The lowest BCUT2D eigenvalue weighted by Gasteiger charge is -2.22. The lowest BCUT2D eigenvalue weighted by Crippen LogP contribution is -2.43. The quantitative estimate of drug-likeness (QED) is 0.736. The van der Waals surface area contributed by atoms with Gasteiger partial charge in [0.15, 0.2) is 23.0 Å². The summed E-state index contributed by atoms with van der Waals surface area (Å²) in [6.07, 6.45) is 1.33. The number of likely N-dealkylation sites (tertiary alicyclic amines) is 1. The molecule has 0 spiro atoms. The molecule has 3 rings (SSSR count). The van der Waals surface area contributed by atoms with Crippen LogP contribution in [0.15, 0.2) is 36.4 Å². The Hall–Kier alpha value is -3.26. The first-order valence-corrected chi connectivity index (χ1v) is 9.31. The molecule has 0 aromatic heterocycles. The third kappa shape index (κ3) is 4.27. The average molecular weight is 399 g/mol. The molecule has 2 aromatic rings. The summed E-state index contributed by atoms with van der Waals surface area (Å²) in [7, 11) is 3.04. The Kier molecular flexibility index (Phi) is 6.23. The van der Waals surface area contributed by atoms with Gasteiger partial charge in [-0.2, -0.15) is 0 Å². The molecule has 29 heavy (non-hydrogen) atoms. The van der Waals surface area contributed by atoms with Gasteiger partial charge in [-0.05, 0) is 48.7 Å². The van der Waals surface area contributed by atoms with E-state index in [0.29, 0.717) is 48.1 Å². The first-order valence-electron chi connectivity index (χ1n) is 9.31. The highest BCUT2D eigenvalue weighted by molar-refractivity contribution is 5.98. The van der Waals surface area contributed by atoms with E-state index in [1.54, 1.807) is 37.4 Å². The Morgan fingerprint density at radius 3 is 2.31 bits per heavy atom. The monoisotopic (exact) mass is 399 g/mol. The van der Waals surface area contributed by atoms with Crippen LogP contribution in [0.4, 0.5) is 0 Å². The number of carbonyl (C=O) groups is 2. The molecule has 1 saturated heterocycles. The zero-order chi connectivity index (χ0) is 21.0. The summed E-state index contributed by atoms with van der Waals surface area (Å²) in [5.74, 6) is 1.09. The van der Waals surface area contributed by atoms with Crippen molar-refractivity contribution in [3.05, 3.63) is 47.5 Å². The number of carbonyl (C=O) groups excluding carboxylic acids is 2. The highest BCUT2D eigenvalue weighted by Gasteiger charge is 2.33. The first-order chi connectivity index (χ1) is 14.0. The van der Waals surface area contributed by atoms with E-state index < -0.39 is 11.9 Å². The summed E-state index contributed by atoms with van der Waals surface area (Å²) in [6.45, 7) is 0.886. The van der Waals surface area contributed by atoms with Crippen molar-refractivity contribution >= 4 is 11.8 Å². The largest absolute Gasteiger partial charge is 0.493 e. The summed E-state index contributed by atoms with van der Waals surface area (Å²) >= 11 is 0. The Morgan fingerprint density at radius 2 is 1.69 bits per heavy atom. The van der Waals surface area contributed by atoms with Crippen LogP contribution in [0.1, 0.15) is 28.8 Å². The van der Waals surface area contributed by atoms with Crippen molar-refractivity contribution in [3.8, 4) is 23.0 Å². The molecule has 4 N–H and O–H groups in total. The van der Waals surface area contributed by atoms with E-state index in [1.165, 1.54) is 12.0 Å². The molecular formula is C21H25N3O5. The standard InChI is InChI=1S/C21H25N3O5/c1-27-18-10-13(12-22)5-7-16(18)29-17-8-6-14(11-19(17)28-2)21(26)24-9-3-4-15(24)20(23)25/h5-8,10-11,15H,3-4,9,12,22H2,1-2H3,(H2,23,25)/t15-/m0/s1. The van der Waals surface area contributed by atoms with Crippen LogP contribution in [-0.2, 0) is 11.3 Å². The highest BCUT2D eigenvalue weighted by atomic mass is 16.5. The van der Waals surface area contributed by atoms with Crippen LogP contribution in [0.25, 0.3) is 0 Å². The number of methoxy groups -OCH3 is 2. The van der Waals surface area contributed by atoms with Crippen LogP contribution >= 0.6 is 0 Å². The van der Waals surface area contributed by atoms with E-state index in [0.717, 1.165) is 12.0 Å². The van der Waals surface area contributed by atoms with Gasteiger partial charge in [-0.25, -0.2) is 0 Å². The predicted octanol–water partition coefficient (Wildman–Crippen LogP) is 2.04. The molecule has 8 nitrogen and oxygen atoms in total. The van der Waals surface area contributed by atoms with Gasteiger partial charge in [0.1, 0.15) is 6.04 Å². The van der Waals surface area contributed by atoms with Crippen molar-refractivity contribution in [2.75, 3.05) is 20.8 Å². The second-order valence-corrected chi connectivity index (χ2v) is 6.72. The maximum atomic E-state index is 12.9. The minimum absolute atomic E-state index is 0.263. The molecule has 0 aliphatic carbocycles. The highest BCUT2D eigenvalue weighted by Crippen LogP contribution is 2.37. The fourth-order valence-corrected chi connectivity index (χ4v) is 3.40. The zero-order valence-corrected chi connectivity index (χ0v) is 16.5. The Bertz CT molecular complexity index is 915. The van der Waals surface area contributed by atoms with Crippen LogP contribution in [0.5, 0.6) is 23.0 Å². The van der Waals surface area contributed by atoms with Crippen LogP contribution in [0.3, 0.4) is 0 Å². The molecule has 1 heterocycles. The van der Waals surface area contributed by atoms with Crippen molar-refractivity contribution in [1.29, 1.82) is 0 Å². The van der Waals surface area contributed by atoms with E-state index in [4.69, 9.17) is 25.7 Å². The molecule has 0 radical (unpaired) electrons. The fraction of sp³-hybridized carbons (Fsp3) is 0.333. The van der Waals surface area contributed by atoms with Gasteiger partial charge in [0.25, 0.3) is 5.91 Å². The smallest absolute Gasteiger partial charge is 0.254 e. The molecular weight excluding hydrogens is 374 g/mol. The summed E-state index contributed by atoms with van der Waals surface area (Å²) in [5, 5.41) is 0. The van der Waals surface area contributed by atoms with Crippen molar-refractivity contribution in [2.45, 2.75) is 25.4 Å². The number of nitrogens with zero attached hydrogens (tertiary/aromatic N) is 1. The third-order valence-corrected chi connectivity index (χ3v) is 4.94. The predicted molar refractivity (Wildman–Crippen MR) is 107 cm³/mol. The maximum absolute atomic E-state index is 12.9. The molecule has 1 fully saturated rings. The van der Waals surface area contributed by atoms with Crippen molar-refractivity contribution in [1.82, 2.24) is 4.90 Å². The molecule has 0 saturated carbocycles. The Labute approximate surface area is 169 Å². The van der Waals surface area contributed by atoms with Gasteiger partial charge in [-0.15, -0.1) is 0 Å². The van der Waals surface area contributed by atoms with Gasteiger partial charge < -0.3 is 30.6 Å². The maximum Gasteiger partial charge on any atom is 0.254 e. The van der Waals surface area contributed by atoms with Gasteiger partial charge >= 0.3 is 0 Å². The number of benzene rings is 2. The van der Waals surface area contributed by atoms with E-state index in [2.05, 4.69) is 0 Å². The molecule has 1 atom stereocenters. The molecule has 0 unspecified atom stereocenters. The summed E-state index contributed by atoms with van der Waals surface area (Å²) in [6, 6.07) is 9.72. The van der Waals surface area contributed by atoms with Crippen LogP contribution in [0.2, 0.25) is 0 Å². The van der Waals surface area contributed by atoms with E-state index in [1.807, 2.05) is 6.07 Å². The van der Waals surface area contributed by atoms with Gasteiger partial charge in [-0.1, -0.05) is 6.07 Å². The van der Waals surface area contributed by atoms with E-state index in [9.17, 15) is 9.59 Å². The molecule has 0 bridgehead atoms. The Balaban J connectivity index is 1.86. The second-order valence-electron chi connectivity index (χ2n) is 6.72. The second kappa shape index (κ2) is 8.83. The molecule has 1 aliphatic heterocycles. The first kappa shape index (κ1) is 20.5. The minimum Gasteiger partial charge on any atom is -0.493 e. The van der Waals surface area contributed by atoms with Gasteiger partial charge in [0, 0.05) is 18.7 Å². The number of hydrogen-bond donors (Lipinski definition) is 2. The number of nitrogens with two attached hydrogens (primary N) is 2. The van der Waals surface area contributed by atoms with Crippen LogP contribution in [-0.4, -0.2) is 43.5 Å². The van der Waals surface area contributed by atoms with E-state index >= 15 is 0 Å². The Morgan fingerprint density at radius 1 is 1.03 bits per heavy atom. The lowest BCUT2D eigenvalue weighted by atomic mass is 10.1. The number of rotatable bonds is 7. The summed E-state index contributed by atoms with van der Waals surface area (Å²) in [4.78, 5) is 26.0. The summed E-state index contributed by atoms with van der Waals surface area (Å²) < 4.78 is 16.7. The molecule has 2 amide bonds. The average Bonchev–Trinajstić information content (AvgIpc) is 3.24.